The summed E-state index contributed by atoms with van der Waals surface area (Å²) < 4.78 is 0. The Morgan fingerprint density at radius 1 is 0.879 bits per heavy atom. The number of aryl methyl sites for hydroxylation is 2. The van der Waals surface area contributed by atoms with E-state index in [1.807, 2.05) is 0 Å². The highest BCUT2D eigenvalue weighted by molar-refractivity contribution is 5.72. The van der Waals surface area contributed by atoms with Crippen molar-refractivity contribution in [3.63, 3.8) is 0 Å². The van der Waals surface area contributed by atoms with Gasteiger partial charge in [0, 0.05) is 30.0 Å². The third-order valence-electron chi connectivity index (χ3n) is 7.82. The molecule has 2 aromatic carbocycles. The van der Waals surface area contributed by atoms with Crippen LogP contribution in [0.3, 0.4) is 0 Å². The number of rotatable bonds is 6. The van der Waals surface area contributed by atoms with Crippen molar-refractivity contribution in [1.82, 2.24) is 5.32 Å². The number of benzene rings is 2. The SMILES string of the molecule is Cc1cccc(C)c1NC1CCCC2CCC(C=Nc3c(C(C)C)cccc3C(C)C)NC21. The number of nitrogens with one attached hydrogen (secondary N) is 2. The zero-order valence-corrected chi connectivity index (χ0v) is 21.5. The maximum absolute atomic E-state index is 5.14. The summed E-state index contributed by atoms with van der Waals surface area (Å²) in [4.78, 5) is 5.14. The van der Waals surface area contributed by atoms with Crippen LogP contribution in [0.1, 0.15) is 93.9 Å². The minimum Gasteiger partial charge on any atom is -0.380 e. The van der Waals surface area contributed by atoms with Gasteiger partial charge in [-0.05, 0) is 79.5 Å². The summed E-state index contributed by atoms with van der Waals surface area (Å²) in [5.74, 6) is 1.71. The van der Waals surface area contributed by atoms with E-state index in [1.165, 1.54) is 65.7 Å². The first-order valence-electron chi connectivity index (χ1n) is 13.1. The molecule has 4 atom stereocenters. The Morgan fingerprint density at radius 3 is 2.15 bits per heavy atom. The highest BCUT2D eigenvalue weighted by atomic mass is 15.1. The van der Waals surface area contributed by atoms with E-state index in [9.17, 15) is 0 Å². The van der Waals surface area contributed by atoms with Crippen LogP contribution in [-0.2, 0) is 0 Å². The second-order valence-corrected chi connectivity index (χ2v) is 11.0. The minimum absolute atomic E-state index is 0.340. The quantitative estimate of drug-likeness (QED) is 0.448. The average molecular weight is 446 g/mol. The molecule has 0 amide bonds. The highest BCUT2D eigenvalue weighted by Gasteiger charge is 2.37. The van der Waals surface area contributed by atoms with Gasteiger partial charge in [-0.3, -0.25) is 4.99 Å². The first-order chi connectivity index (χ1) is 15.8. The van der Waals surface area contributed by atoms with E-state index in [2.05, 4.69) is 94.8 Å². The lowest BCUT2D eigenvalue weighted by atomic mass is 9.75. The molecule has 0 spiro atoms. The van der Waals surface area contributed by atoms with Crippen LogP contribution in [0.2, 0.25) is 0 Å². The van der Waals surface area contributed by atoms with E-state index >= 15 is 0 Å². The van der Waals surface area contributed by atoms with Gasteiger partial charge in [0.1, 0.15) is 0 Å². The molecule has 1 saturated heterocycles. The Balaban J connectivity index is 1.54. The third-order valence-corrected chi connectivity index (χ3v) is 7.82. The Hall–Kier alpha value is -2.13. The second-order valence-electron chi connectivity index (χ2n) is 11.0. The van der Waals surface area contributed by atoms with Crippen LogP contribution in [0, 0.1) is 19.8 Å². The summed E-state index contributed by atoms with van der Waals surface area (Å²) in [6.07, 6.45) is 8.60. The molecule has 3 heteroatoms. The van der Waals surface area contributed by atoms with Crippen molar-refractivity contribution in [3.8, 4) is 0 Å². The molecule has 2 N–H and O–H groups in total. The molecule has 1 saturated carbocycles. The minimum atomic E-state index is 0.340. The van der Waals surface area contributed by atoms with Crippen molar-refractivity contribution in [2.75, 3.05) is 5.32 Å². The number of anilines is 1. The summed E-state index contributed by atoms with van der Waals surface area (Å²) in [7, 11) is 0. The van der Waals surface area contributed by atoms with Gasteiger partial charge in [-0.15, -0.1) is 0 Å². The summed E-state index contributed by atoms with van der Waals surface area (Å²) >= 11 is 0. The zero-order valence-electron chi connectivity index (χ0n) is 21.5. The normalized spacial score (nSPS) is 25.6. The molecule has 1 heterocycles. The lowest BCUT2D eigenvalue weighted by molar-refractivity contribution is 0.183. The van der Waals surface area contributed by atoms with Crippen LogP contribution in [0.4, 0.5) is 11.4 Å². The molecule has 2 aliphatic rings. The summed E-state index contributed by atoms with van der Waals surface area (Å²) in [5, 5.41) is 7.97. The van der Waals surface area contributed by atoms with E-state index in [1.54, 1.807) is 0 Å². The number of piperidine rings is 1. The third kappa shape index (κ3) is 5.35. The highest BCUT2D eigenvalue weighted by Crippen LogP contribution is 2.37. The number of nitrogens with zero attached hydrogens (tertiary/aromatic N) is 1. The first kappa shape index (κ1) is 24.0. The lowest BCUT2D eigenvalue weighted by Crippen LogP contribution is -2.57. The van der Waals surface area contributed by atoms with Gasteiger partial charge >= 0.3 is 0 Å². The average Bonchev–Trinajstić information content (AvgIpc) is 2.79. The van der Waals surface area contributed by atoms with Crippen molar-refractivity contribution in [3.05, 3.63) is 58.7 Å². The van der Waals surface area contributed by atoms with E-state index in [0.29, 0.717) is 30.0 Å². The Labute approximate surface area is 201 Å². The van der Waals surface area contributed by atoms with Crippen LogP contribution >= 0.6 is 0 Å². The number of hydrogen-bond donors (Lipinski definition) is 2. The fraction of sp³-hybridized carbons (Fsp3) is 0.567. The molecule has 2 fully saturated rings. The van der Waals surface area contributed by atoms with Gasteiger partial charge in [-0.1, -0.05) is 70.5 Å². The van der Waals surface area contributed by atoms with Crippen molar-refractivity contribution in [1.29, 1.82) is 0 Å². The molecular formula is C30H43N3. The van der Waals surface area contributed by atoms with Crippen LogP contribution in [0.25, 0.3) is 0 Å². The topological polar surface area (TPSA) is 36.4 Å². The second kappa shape index (κ2) is 10.4. The predicted molar refractivity (Wildman–Crippen MR) is 143 cm³/mol. The number of hydrogen-bond acceptors (Lipinski definition) is 3. The van der Waals surface area contributed by atoms with Crippen LogP contribution in [-0.4, -0.2) is 24.3 Å². The fourth-order valence-corrected chi connectivity index (χ4v) is 5.92. The maximum Gasteiger partial charge on any atom is 0.0695 e. The van der Waals surface area contributed by atoms with Gasteiger partial charge in [0.15, 0.2) is 0 Å². The van der Waals surface area contributed by atoms with E-state index < -0.39 is 0 Å². The molecule has 1 aliphatic carbocycles. The summed E-state index contributed by atoms with van der Waals surface area (Å²) in [6.45, 7) is 13.5. The number of fused-ring (bicyclic) bond motifs is 1. The molecule has 178 valence electrons. The molecular weight excluding hydrogens is 402 g/mol. The molecule has 3 nitrogen and oxygen atoms in total. The zero-order chi connectivity index (χ0) is 23.5. The van der Waals surface area contributed by atoms with Crippen molar-refractivity contribution < 1.29 is 0 Å². The van der Waals surface area contributed by atoms with Crippen molar-refractivity contribution in [2.45, 2.75) is 104 Å². The molecule has 4 rings (SSSR count). The smallest absolute Gasteiger partial charge is 0.0695 e. The molecule has 4 unspecified atom stereocenters. The van der Waals surface area contributed by atoms with Crippen molar-refractivity contribution in [2.24, 2.45) is 10.9 Å². The Morgan fingerprint density at radius 2 is 1.52 bits per heavy atom. The van der Waals surface area contributed by atoms with Crippen LogP contribution < -0.4 is 10.6 Å². The molecule has 2 aromatic rings. The lowest BCUT2D eigenvalue weighted by Gasteiger charge is -2.45. The van der Waals surface area contributed by atoms with Gasteiger partial charge in [-0.25, -0.2) is 0 Å². The maximum atomic E-state index is 5.14. The molecule has 0 radical (unpaired) electrons. The summed E-state index contributed by atoms with van der Waals surface area (Å²) in [5.41, 5.74) is 7.93. The first-order valence-corrected chi connectivity index (χ1v) is 13.1. The Bertz CT molecular complexity index is 928. The predicted octanol–water partition coefficient (Wildman–Crippen LogP) is 7.65. The largest absolute Gasteiger partial charge is 0.380 e. The Kier molecular flexibility index (Phi) is 7.58. The number of para-hydroxylation sites is 2. The van der Waals surface area contributed by atoms with Gasteiger partial charge < -0.3 is 10.6 Å². The van der Waals surface area contributed by atoms with Crippen LogP contribution in [0.15, 0.2) is 41.4 Å². The molecule has 1 aliphatic heterocycles. The monoisotopic (exact) mass is 445 g/mol. The van der Waals surface area contributed by atoms with E-state index in [-0.39, 0.29) is 0 Å². The molecule has 33 heavy (non-hydrogen) atoms. The van der Waals surface area contributed by atoms with E-state index in [4.69, 9.17) is 4.99 Å². The van der Waals surface area contributed by atoms with E-state index in [0.717, 1.165) is 5.92 Å². The molecule has 0 aromatic heterocycles. The summed E-state index contributed by atoms with van der Waals surface area (Å²) in [6, 6.07) is 14.6. The van der Waals surface area contributed by atoms with Crippen molar-refractivity contribution >= 4 is 17.6 Å². The standard InChI is InChI=1S/C30H43N3/c1-19(2)25-13-9-14-26(20(3)4)30(25)31-18-24-17-16-23-12-8-15-27(29(23)32-24)33-28-21(5)10-7-11-22(28)6/h7,9-11,13-14,18-20,23-24,27,29,32-33H,8,12,15-17H2,1-6H3. The van der Waals surface area contributed by atoms with Gasteiger partial charge in [0.25, 0.3) is 0 Å². The number of aliphatic imine (C=N–C) groups is 1. The van der Waals surface area contributed by atoms with Gasteiger partial charge in [0.05, 0.1) is 5.69 Å². The van der Waals surface area contributed by atoms with Gasteiger partial charge in [0.2, 0.25) is 0 Å². The molecule has 0 bridgehead atoms. The van der Waals surface area contributed by atoms with Gasteiger partial charge in [-0.2, -0.15) is 0 Å². The fourth-order valence-electron chi connectivity index (χ4n) is 5.92. The van der Waals surface area contributed by atoms with Crippen LogP contribution in [0.5, 0.6) is 0 Å².